The van der Waals surface area contributed by atoms with Gasteiger partial charge in [0.2, 0.25) is 0 Å². The molecule has 0 aliphatic heterocycles. The van der Waals surface area contributed by atoms with Crippen LogP contribution in [0.5, 0.6) is 0 Å². The number of carbonyl (C=O) groups excluding carboxylic acids is 1. The van der Waals surface area contributed by atoms with Crippen molar-refractivity contribution in [1.29, 1.82) is 0 Å². The molecule has 3 rings (SSSR count). The van der Waals surface area contributed by atoms with E-state index in [-0.39, 0.29) is 12.5 Å². The Kier molecular flexibility index (Phi) is 4.68. The molecule has 0 radical (unpaired) electrons. The summed E-state index contributed by atoms with van der Waals surface area (Å²) >= 11 is 0. The predicted molar refractivity (Wildman–Crippen MR) is 94.2 cm³/mol. The van der Waals surface area contributed by atoms with Crippen LogP contribution in [0, 0.1) is 6.92 Å². The largest absolute Gasteiger partial charge is 0.462 e. The summed E-state index contributed by atoms with van der Waals surface area (Å²) in [5.74, 6) is -0.368. The van der Waals surface area contributed by atoms with E-state index in [1.54, 1.807) is 19.2 Å². The molecule has 3 aromatic rings. The van der Waals surface area contributed by atoms with Gasteiger partial charge in [-0.2, -0.15) is 0 Å². The van der Waals surface area contributed by atoms with Crippen molar-refractivity contribution in [2.75, 3.05) is 6.61 Å². The molecule has 7 nitrogen and oxygen atoms in total. The van der Waals surface area contributed by atoms with Gasteiger partial charge < -0.3 is 9.14 Å². The second kappa shape index (κ2) is 7.07. The van der Waals surface area contributed by atoms with Gasteiger partial charge in [-0.15, -0.1) is 0 Å². The van der Waals surface area contributed by atoms with Gasteiger partial charge in [-0.05, 0) is 55.3 Å². The van der Waals surface area contributed by atoms with Gasteiger partial charge in [0.1, 0.15) is 0 Å². The van der Waals surface area contributed by atoms with Crippen LogP contribution in [0.2, 0.25) is 0 Å². The van der Waals surface area contributed by atoms with Gasteiger partial charge in [0, 0.05) is 34.1 Å². The van der Waals surface area contributed by atoms with Crippen LogP contribution in [0.1, 0.15) is 28.5 Å². The quantitative estimate of drug-likeness (QED) is 0.301. The Hall–Kier alpha value is -3.31. The number of aryl methyl sites for hydroxylation is 1. The molecule has 0 saturated carbocycles. The molecule has 0 bridgehead atoms. The first kappa shape index (κ1) is 16.5. The highest BCUT2D eigenvalue weighted by atomic mass is 16.5. The minimum atomic E-state index is -0.368. The Morgan fingerprint density at radius 3 is 2.92 bits per heavy atom. The lowest BCUT2D eigenvalue weighted by molar-refractivity contribution is 0.0527. The van der Waals surface area contributed by atoms with E-state index in [1.165, 1.54) is 0 Å². The van der Waals surface area contributed by atoms with Crippen molar-refractivity contribution in [3.05, 3.63) is 70.0 Å². The molecular formula is C18H17N5O2. The summed E-state index contributed by atoms with van der Waals surface area (Å²) in [7, 11) is 0. The molecule has 0 atom stereocenters. The van der Waals surface area contributed by atoms with E-state index in [4.69, 9.17) is 10.3 Å². The van der Waals surface area contributed by atoms with Crippen LogP contribution in [0.4, 0.5) is 0 Å². The minimum absolute atomic E-state index is 0.261. The Balaban J connectivity index is 2.21. The first-order chi connectivity index (χ1) is 12.1. The van der Waals surface area contributed by atoms with E-state index in [2.05, 4.69) is 15.0 Å². The maximum absolute atomic E-state index is 12.4. The summed E-state index contributed by atoms with van der Waals surface area (Å²) < 4.78 is 7.14. The fraction of sp³-hybridized carbons (Fsp3) is 0.222. The summed E-state index contributed by atoms with van der Waals surface area (Å²) in [5, 5.41) is 3.58. The van der Waals surface area contributed by atoms with Crippen molar-refractivity contribution in [2.24, 2.45) is 5.11 Å². The molecule has 3 aromatic heterocycles. The van der Waals surface area contributed by atoms with E-state index in [0.29, 0.717) is 12.2 Å². The molecule has 3 heterocycles. The molecule has 0 aromatic carbocycles. The third-order valence-electron chi connectivity index (χ3n) is 3.82. The van der Waals surface area contributed by atoms with E-state index in [1.807, 2.05) is 41.8 Å². The van der Waals surface area contributed by atoms with E-state index >= 15 is 0 Å². The van der Waals surface area contributed by atoms with Gasteiger partial charge in [-0.25, -0.2) is 4.79 Å². The molecule has 126 valence electrons. The standard InChI is InChI=1S/C18H17N5O2/c1-3-25-18(24)16-10-15-9-13(11-21-22-19)5-7-23(15)17(16)14-4-6-20-12(2)8-14/h4-10H,3,11H2,1-2H3. The van der Waals surface area contributed by atoms with Crippen LogP contribution in [0.15, 0.2) is 47.8 Å². The number of azide groups is 1. The zero-order valence-electron chi connectivity index (χ0n) is 14.0. The topological polar surface area (TPSA) is 92.4 Å². The number of rotatable bonds is 5. The zero-order chi connectivity index (χ0) is 17.8. The first-order valence-corrected chi connectivity index (χ1v) is 7.89. The highest BCUT2D eigenvalue weighted by molar-refractivity contribution is 5.99. The number of hydrogen-bond acceptors (Lipinski definition) is 4. The SMILES string of the molecule is CCOC(=O)c1cc2cc(CN=[N+]=[N-])ccn2c1-c1ccnc(C)c1. The summed E-state index contributed by atoms with van der Waals surface area (Å²) in [6.07, 6.45) is 3.58. The number of ether oxygens (including phenoxy) is 1. The van der Waals surface area contributed by atoms with Gasteiger partial charge in [0.15, 0.2) is 0 Å². The van der Waals surface area contributed by atoms with Crippen molar-refractivity contribution in [1.82, 2.24) is 9.38 Å². The molecule has 0 amide bonds. The van der Waals surface area contributed by atoms with Crippen molar-refractivity contribution >= 4 is 11.5 Å². The number of esters is 1. The average molecular weight is 335 g/mol. The fourth-order valence-corrected chi connectivity index (χ4v) is 2.79. The third kappa shape index (κ3) is 3.32. The Bertz CT molecular complexity index is 986. The van der Waals surface area contributed by atoms with Crippen LogP contribution < -0.4 is 0 Å². The van der Waals surface area contributed by atoms with Gasteiger partial charge in [-0.1, -0.05) is 5.11 Å². The Morgan fingerprint density at radius 2 is 2.20 bits per heavy atom. The number of carbonyl (C=O) groups is 1. The summed E-state index contributed by atoms with van der Waals surface area (Å²) in [4.78, 5) is 19.4. The predicted octanol–water partition coefficient (Wildman–Crippen LogP) is 4.30. The molecule has 0 fully saturated rings. The molecule has 0 aliphatic rings. The highest BCUT2D eigenvalue weighted by Gasteiger charge is 2.19. The molecule has 25 heavy (non-hydrogen) atoms. The van der Waals surface area contributed by atoms with Gasteiger partial charge >= 0.3 is 5.97 Å². The average Bonchev–Trinajstić information content (AvgIpc) is 2.99. The minimum Gasteiger partial charge on any atom is -0.462 e. The molecule has 0 spiro atoms. The van der Waals surface area contributed by atoms with Crippen molar-refractivity contribution in [3.63, 3.8) is 0 Å². The van der Waals surface area contributed by atoms with Crippen LogP contribution in [-0.2, 0) is 11.3 Å². The number of hydrogen-bond donors (Lipinski definition) is 0. The van der Waals surface area contributed by atoms with Crippen molar-refractivity contribution in [3.8, 4) is 11.3 Å². The normalized spacial score (nSPS) is 10.5. The van der Waals surface area contributed by atoms with Gasteiger partial charge in [0.25, 0.3) is 0 Å². The third-order valence-corrected chi connectivity index (χ3v) is 3.82. The molecule has 0 saturated heterocycles. The maximum atomic E-state index is 12.4. The van der Waals surface area contributed by atoms with Gasteiger partial charge in [-0.3, -0.25) is 4.98 Å². The summed E-state index contributed by atoms with van der Waals surface area (Å²) in [5.41, 5.74) is 13.2. The monoisotopic (exact) mass is 335 g/mol. The first-order valence-electron chi connectivity index (χ1n) is 7.89. The van der Waals surface area contributed by atoms with Crippen LogP contribution in [0.3, 0.4) is 0 Å². The highest BCUT2D eigenvalue weighted by Crippen LogP contribution is 2.29. The van der Waals surface area contributed by atoms with Crippen molar-refractivity contribution in [2.45, 2.75) is 20.4 Å². The van der Waals surface area contributed by atoms with Crippen molar-refractivity contribution < 1.29 is 9.53 Å². The van der Waals surface area contributed by atoms with E-state index in [0.717, 1.165) is 28.0 Å². The number of pyridine rings is 2. The molecular weight excluding hydrogens is 318 g/mol. The van der Waals surface area contributed by atoms with Crippen LogP contribution >= 0.6 is 0 Å². The smallest absolute Gasteiger partial charge is 0.340 e. The molecule has 7 heteroatoms. The lowest BCUT2D eigenvalue weighted by Gasteiger charge is -2.08. The Morgan fingerprint density at radius 1 is 1.36 bits per heavy atom. The molecule has 0 N–H and O–H groups in total. The molecule has 0 unspecified atom stereocenters. The lowest BCUT2D eigenvalue weighted by Crippen LogP contribution is -2.05. The lowest BCUT2D eigenvalue weighted by atomic mass is 10.1. The summed E-state index contributed by atoms with van der Waals surface area (Å²) in [6, 6.07) is 9.36. The van der Waals surface area contributed by atoms with Gasteiger partial charge in [0.05, 0.1) is 24.4 Å². The number of fused-ring (bicyclic) bond motifs is 1. The van der Waals surface area contributed by atoms with E-state index < -0.39 is 0 Å². The van der Waals surface area contributed by atoms with Crippen LogP contribution in [-0.4, -0.2) is 22.0 Å². The maximum Gasteiger partial charge on any atom is 0.340 e. The second-order valence-corrected chi connectivity index (χ2v) is 5.53. The van der Waals surface area contributed by atoms with Crippen LogP contribution in [0.25, 0.3) is 27.2 Å². The molecule has 0 aliphatic carbocycles. The zero-order valence-corrected chi connectivity index (χ0v) is 14.0. The summed E-state index contributed by atoms with van der Waals surface area (Å²) in [6.45, 7) is 4.25. The fourth-order valence-electron chi connectivity index (χ4n) is 2.79. The number of nitrogens with zero attached hydrogens (tertiary/aromatic N) is 5. The second-order valence-electron chi connectivity index (χ2n) is 5.53. The Labute approximate surface area is 144 Å². The number of aromatic nitrogens is 2. The van der Waals surface area contributed by atoms with E-state index in [9.17, 15) is 4.79 Å².